The largest absolute Gasteiger partial charge is 0.469 e. The van der Waals surface area contributed by atoms with Crippen LogP contribution >= 0.6 is 15.9 Å². The third-order valence-corrected chi connectivity index (χ3v) is 2.49. The van der Waals surface area contributed by atoms with Crippen LogP contribution < -0.4 is 0 Å². The summed E-state index contributed by atoms with van der Waals surface area (Å²) in [4.78, 5) is 26.4. The molecular formula is C11H12BrNO3. The fraction of sp³-hybridized carbons (Fsp3) is 0.364. The maximum Gasteiger partial charge on any atom is 0.305 e. The molecule has 1 rings (SSSR count). The van der Waals surface area contributed by atoms with E-state index >= 15 is 0 Å². The molecule has 0 saturated carbocycles. The molecule has 0 amide bonds. The number of rotatable bonds is 5. The highest BCUT2D eigenvalue weighted by Gasteiger charge is 2.08. The second kappa shape index (κ2) is 6.37. The van der Waals surface area contributed by atoms with Crippen LogP contribution in [0.5, 0.6) is 0 Å². The second-order valence-electron chi connectivity index (χ2n) is 3.21. The predicted octanol–water partition coefficient (Wildman–Crippen LogP) is 2.37. The lowest BCUT2D eigenvalue weighted by Gasteiger charge is -2.00. The van der Waals surface area contributed by atoms with Crippen molar-refractivity contribution in [2.24, 2.45) is 0 Å². The van der Waals surface area contributed by atoms with Gasteiger partial charge in [-0.3, -0.25) is 14.6 Å². The van der Waals surface area contributed by atoms with Crippen LogP contribution in [0.15, 0.2) is 22.8 Å². The maximum absolute atomic E-state index is 11.6. The molecule has 4 nitrogen and oxygen atoms in total. The number of pyridine rings is 1. The minimum Gasteiger partial charge on any atom is -0.469 e. The van der Waals surface area contributed by atoms with E-state index in [1.165, 1.54) is 7.11 Å². The standard InChI is InChI=1S/C11H12BrNO3/c1-16-11(15)4-2-3-10(14)9-6-5-8(12)7-13-9/h5-7H,2-4H2,1H3. The van der Waals surface area contributed by atoms with Gasteiger partial charge in [-0.05, 0) is 34.5 Å². The summed E-state index contributed by atoms with van der Waals surface area (Å²) in [5.41, 5.74) is 0.424. The van der Waals surface area contributed by atoms with Gasteiger partial charge in [0.1, 0.15) is 5.69 Å². The molecule has 0 aliphatic carbocycles. The Hall–Kier alpha value is -1.23. The van der Waals surface area contributed by atoms with E-state index in [0.717, 1.165) is 4.47 Å². The number of halogens is 1. The average molecular weight is 286 g/mol. The van der Waals surface area contributed by atoms with Crippen molar-refractivity contribution < 1.29 is 14.3 Å². The molecule has 1 heterocycles. The van der Waals surface area contributed by atoms with Crippen LogP contribution in [-0.4, -0.2) is 23.8 Å². The van der Waals surface area contributed by atoms with Gasteiger partial charge in [0.25, 0.3) is 0 Å². The molecular weight excluding hydrogens is 274 g/mol. The van der Waals surface area contributed by atoms with Gasteiger partial charge in [0, 0.05) is 23.5 Å². The lowest BCUT2D eigenvalue weighted by molar-refractivity contribution is -0.140. The van der Waals surface area contributed by atoms with Crippen molar-refractivity contribution >= 4 is 27.7 Å². The molecule has 0 aliphatic rings. The van der Waals surface area contributed by atoms with E-state index in [1.54, 1.807) is 18.3 Å². The summed E-state index contributed by atoms with van der Waals surface area (Å²) in [5, 5.41) is 0. The number of esters is 1. The molecule has 0 spiro atoms. The van der Waals surface area contributed by atoms with Crippen molar-refractivity contribution in [1.29, 1.82) is 0 Å². The monoisotopic (exact) mass is 285 g/mol. The van der Waals surface area contributed by atoms with Gasteiger partial charge in [-0.1, -0.05) is 0 Å². The fourth-order valence-corrected chi connectivity index (χ4v) is 1.40. The summed E-state index contributed by atoms with van der Waals surface area (Å²) < 4.78 is 5.31. The summed E-state index contributed by atoms with van der Waals surface area (Å²) in [6.45, 7) is 0. The highest BCUT2D eigenvalue weighted by Crippen LogP contribution is 2.10. The zero-order valence-corrected chi connectivity index (χ0v) is 10.5. The van der Waals surface area contributed by atoms with Crippen LogP contribution in [0.25, 0.3) is 0 Å². The molecule has 0 bridgehead atoms. The van der Waals surface area contributed by atoms with E-state index in [9.17, 15) is 9.59 Å². The molecule has 1 aromatic heterocycles. The molecule has 0 saturated heterocycles. The van der Waals surface area contributed by atoms with Crippen molar-refractivity contribution in [1.82, 2.24) is 4.98 Å². The molecule has 0 aliphatic heterocycles. The maximum atomic E-state index is 11.6. The Morgan fingerprint density at radius 3 is 2.69 bits per heavy atom. The van der Waals surface area contributed by atoms with Gasteiger partial charge in [-0.25, -0.2) is 0 Å². The predicted molar refractivity (Wildman–Crippen MR) is 62.1 cm³/mol. The highest BCUT2D eigenvalue weighted by atomic mass is 79.9. The van der Waals surface area contributed by atoms with Crippen LogP contribution in [0.4, 0.5) is 0 Å². The molecule has 16 heavy (non-hydrogen) atoms. The number of carbonyl (C=O) groups is 2. The summed E-state index contributed by atoms with van der Waals surface area (Å²) >= 11 is 3.24. The topological polar surface area (TPSA) is 56.3 Å². The average Bonchev–Trinajstić information content (AvgIpc) is 2.29. The van der Waals surface area contributed by atoms with Crippen molar-refractivity contribution in [3.05, 3.63) is 28.5 Å². The summed E-state index contributed by atoms with van der Waals surface area (Å²) in [7, 11) is 1.33. The minimum atomic E-state index is -0.295. The number of hydrogen-bond donors (Lipinski definition) is 0. The van der Waals surface area contributed by atoms with Gasteiger partial charge in [-0.15, -0.1) is 0 Å². The van der Waals surface area contributed by atoms with Gasteiger partial charge >= 0.3 is 5.97 Å². The van der Waals surface area contributed by atoms with E-state index in [2.05, 4.69) is 25.7 Å². The molecule has 86 valence electrons. The fourth-order valence-electron chi connectivity index (χ4n) is 1.16. The number of Topliss-reactive ketones (excluding diaryl/α,β-unsaturated/α-hetero) is 1. The van der Waals surface area contributed by atoms with Gasteiger partial charge in [0.05, 0.1) is 7.11 Å². The van der Waals surface area contributed by atoms with Crippen molar-refractivity contribution in [3.8, 4) is 0 Å². The van der Waals surface area contributed by atoms with E-state index < -0.39 is 0 Å². The van der Waals surface area contributed by atoms with Crippen LogP contribution in [0.2, 0.25) is 0 Å². The summed E-state index contributed by atoms with van der Waals surface area (Å²) in [6, 6.07) is 3.42. The molecule has 5 heteroatoms. The first-order chi connectivity index (χ1) is 7.63. The third-order valence-electron chi connectivity index (χ3n) is 2.03. The zero-order valence-electron chi connectivity index (χ0n) is 8.90. The number of ketones is 1. The number of ether oxygens (including phenoxy) is 1. The smallest absolute Gasteiger partial charge is 0.305 e. The highest BCUT2D eigenvalue weighted by molar-refractivity contribution is 9.10. The van der Waals surface area contributed by atoms with Crippen LogP contribution in [-0.2, 0) is 9.53 Å². The molecule has 0 N–H and O–H groups in total. The van der Waals surface area contributed by atoms with Gasteiger partial charge < -0.3 is 4.74 Å². The Kier molecular flexibility index (Phi) is 5.11. The number of carbonyl (C=O) groups excluding carboxylic acids is 2. The van der Waals surface area contributed by atoms with E-state index in [1.807, 2.05) is 0 Å². The molecule has 0 aromatic carbocycles. The van der Waals surface area contributed by atoms with Crippen molar-refractivity contribution in [2.75, 3.05) is 7.11 Å². The Morgan fingerprint density at radius 2 is 2.12 bits per heavy atom. The molecule has 0 unspecified atom stereocenters. The van der Waals surface area contributed by atoms with Crippen LogP contribution in [0, 0.1) is 0 Å². The van der Waals surface area contributed by atoms with E-state index in [-0.39, 0.29) is 18.2 Å². The van der Waals surface area contributed by atoms with Gasteiger partial charge in [0.15, 0.2) is 5.78 Å². The van der Waals surface area contributed by atoms with Crippen LogP contribution in [0.3, 0.4) is 0 Å². The molecule has 0 atom stereocenters. The summed E-state index contributed by atoms with van der Waals surface area (Å²) in [5.74, 6) is -0.354. The Balaban J connectivity index is 2.41. The number of aromatic nitrogens is 1. The molecule has 1 aromatic rings. The minimum absolute atomic E-state index is 0.0589. The molecule has 0 fully saturated rings. The van der Waals surface area contributed by atoms with Crippen molar-refractivity contribution in [3.63, 3.8) is 0 Å². The van der Waals surface area contributed by atoms with Gasteiger partial charge in [-0.2, -0.15) is 0 Å². The zero-order chi connectivity index (χ0) is 12.0. The number of nitrogens with zero attached hydrogens (tertiary/aromatic N) is 1. The Morgan fingerprint density at radius 1 is 1.38 bits per heavy atom. The van der Waals surface area contributed by atoms with E-state index in [4.69, 9.17) is 0 Å². The number of methoxy groups -OCH3 is 1. The van der Waals surface area contributed by atoms with Crippen LogP contribution in [0.1, 0.15) is 29.8 Å². The second-order valence-corrected chi connectivity index (χ2v) is 4.13. The lowest BCUT2D eigenvalue weighted by atomic mass is 10.1. The first-order valence-corrected chi connectivity index (χ1v) is 5.64. The van der Waals surface area contributed by atoms with Gasteiger partial charge in [0.2, 0.25) is 0 Å². The first kappa shape index (κ1) is 12.8. The quantitative estimate of drug-likeness (QED) is 0.616. The Bertz CT molecular complexity index is 375. The van der Waals surface area contributed by atoms with E-state index in [0.29, 0.717) is 18.5 Å². The Labute approximate surface area is 102 Å². The first-order valence-electron chi connectivity index (χ1n) is 4.85. The van der Waals surface area contributed by atoms with Crippen molar-refractivity contribution in [2.45, 2.75) is 19.3 Å². The lowest BCUT2D eigenvalue weighted by Crippen LogP contribution is -2.05. The normalized spacial score (nSPS) is 9.88. The SMILES string of the molecule is COC(=O)CCCC(=O)c1ccc(Br)cn1. The molecule has 0 radical (unpaired) electrons. The summed E-state index contributed by atoms with van der Waals surface area (Å²) in [6.07, 6.45) is 2.64. The third kappa shape index (κ3) is 4.10. The number of hydrogen-bond acceptors (Lipinski definition) is 4.